The number of ether oxygens (including phenoxy) is 1. The molecular formula is C11H20N2O4. The molecule has 1 rings (SSSR count). The van der Waals surface area contributed by atoms with Gasteiger partial charge >= 0.3 is 5.97 Å². The van der Waals surface area contributed by atoms with Crippen molar-refractivity contribution < 1.29 is 19.4 Å². The third kappa shape index (κ3) is 3.41. The molecule has 98 valence electrons. The van der Waals surface area contributed by atoms with Gasteiger partial charge in [0.1, 0.15) is 0 Å². The lowest BCUT2D eigenvalue weighted by Gasteiger charge is -2.33. The molecule has 6 nitrogen and oxygen atoms in total. The Hall–Kier alpha value is -1.14. The Morgan fingerprint density at radius 2 is 2.06 bits per heavy atom. The maximum Gasteiger partial charge on any atom is 0.311 e. The number of aliphatic carboxylic acids is 1. The van der Waals surface area contributed by atoms with Crippen molar-refractivity contribution in [1.29, 1.82) is 0 Å². The number of carboxylic acids is 1. The maximum absolute atomic E-state index is 11.5. The zero-order valence-corrected chi connectivity index (χ0v) is 10.1. The highest BCUT2D eigenvalue weighted by Gasteiger charge is 2.40. The van der Waals surface area contributed by atoms with Crippen LogP contribution in [0, 0.1) is 5.41 Å². The normalized spacial score (nSPS) is 20.6. The van der Waals surface area contributed by atoms with Crippen LogP contribution in [0.4, 0.5) is 0 Å². The van der Waals surface area contributed by atoms with Crippen molar-refractivity contribution in [3.8, 4) is 0 Å². The molecule has 4 N–H and O–H groups in total. The smallest absolute Gasteiger partial charge is 0.311 e. The Morgan fingerprint density at radius 3 is 2.53 bits per heavy atom. The predicted octanol–water partition coefficient (Wildman–Crippen LogP) is -0.279. The van der Waals surface area contributed by atoms with Crippen molar-refractivity contribution in [1.82, 2.24) is 5.32 Å². The van der Waals surface area contributed by atoms with Crippen LogP contribution in [-0.2, 0) is 14.3 Å². The fraction of sp³-hybridized carbons (Fsp3) is 0.818. The lowest BCUT2D eigenvalue weighted by Crippen LogP contribution is -2.49. The monoisotopic (exact) mass is 244 g/mol. The summed E-state index contributed by atoms with van der Waals surface area (Å²) in [5.41, 5.74) is 4.67. The fourth-order valence-corrected chi connectivity index (χ4v) is 1.80. The highest BCUT2D eigenvalue weighted by molar-refractivity contribution is 5.82. The van der Waals surface area contributed by atoms with Crippen molar-refractivity contribution >= 4 is 11.9 Å². The average molecular weight is 244 g/mol. The molecule has 1 unspecified atom stereocenters. The summed E-state index contributed by atoms with van der Waals surface area (Å²) in [6.45, 7) is 2.77. The van der Waals surface area contributed by atoms with Crippen LogP contribution in [0.2, 0.25) is 0 Å². The third-order valence-corrected chi connectivity index (χ3v) is 3.28. The first-order valence-corrected chi connectivity index (χ1v) is 5.86. The SMILES string of the molecule is CCC(N)C(=O)NCC1(C(=O)O)CCOCC1. The molecule has 0 bridgehead atoms. The number of hydrogen-bond donors (Lipinski definition) is 3. The number of carboxylic acid groups (broad SMARTS) is 1. The van der Waals surface area contributed by atoms with Gasteiger partial charge in [-0.3, -0.25) is 9.59 Å². The molecule has 1 fully saturated rings. The number of carbonyl (C=O) groups is 2. The molecule has 0 spiro atoms. The minimum atomic E-state index is -0.901. The van der Waals surface area contributed by atoms with Crippen LogP contribution >= 0.6 is 0 Å². The Morgan fingerprint density at radius 1 is 1.47 bits per heavy atom. The van der Waals surface area contributed by atoms with Crippen molar-refractivity contribution in [2.75, 3.05) is 19.8 Å². The van der Waals surface area contributed by atoms with Gasteiger partial charge in [-0.1, -0.05) is 6.92 Å². The number of nitrogens with one attached hydrogen (secondary N) is 1. The largest absolute Gasteiger partial charge is 0.481 e. The molecule has 0 aliphatic carbocycles. The van der Waals surface area contributed by atoms with Gasteiger partial charge in [0.15, 0.2) is 0 Å². The highest BCUT2D eigenvalue weighted by Crippen LogP contribution is 2.30. The summed E-state index contributed by atoms with van der Waals surface area (Å²) in [6.07, 6.45) is 1.38. The second kappa shape index (κ2) is 5.97. The van der Waals surface area contributed by atoms with E-state index in [0.29, 0.717) is 32.5 Å². The van der Waals surface area contributed by atoms with Gasteiger partial charge in [0.25, 0.3) is 0 Å². The molecule has 1 saturated heterocycles. The summed E-state index contributed by atoms with van der Waals surface area (Å²) in [5, 5.41) is 11.9. The number of nitrogens with two attached hydrogens (primary N) is 1. The van der Waals surface area contributed by atoms with Crippen LogP contribution in [0.3, 0.4) is 0 Å². The number of carbonyl (C=O) groups excluding carboxylic acids is 1. The van der Waals surface area contributed by atoms with Gasteiger partial charge in [0.2, 0.25) is 5.91 Å². The van der Waals surface area contributed by atoms with Crippen molar-refractivity contribution in [3.05, 3.63) is 0 Å². The molecular weight excluding hydrogens is 224 g/mol. The third-order valence-electron chi connectivity index (χ3n) is 3.28. The standard InChI is InChI=1S/C11H20N2O4/c1-2-8(12)9(14)13-7-11(10(15)16)3-5-17-6-4-11/h8H,2-7,12H2,1H3,(H,13,14)(H,15,16). The van der Waals surface area contributed by atoms with E-state index >= 15 is 0 Å². The van der Waals surface area contributed by atoms with E-state index in [1.54, 1.807) is 0 Å². The van der Waals surface area contributed by atoms with Gasteiger partial charge in [0, 0.05) is 19.8 Å². The molecule has 17 heavy (non-hydrogen) atoms. The van der Waals surface area contributed by atoms with Crippen LogP contribution in [0.1, 0.15) is 26.2 Å². The quantitative estimate of drug-likeness (QED) is 0.617. The lowest BCUT2D eigenvalue weighted by atomic mass is 9.80. The first kappa shape index (κ1) is 13.9. The van der Waals surface area contributed by atoms with Gasteiger partial charge in [0.05, 0.1) is 11.5 Å². The summed E-state index contributed by atoms with van der Waals surface area (Å²) in [5.74, 6) is -1.18. The molecule has 0 radical (unpaired) electrons. The van der Waals surface area contributed by atoms with E-state index in [1.807, 2.05) is 6.92 Å². The minimum absolute atomic E-state index is 0.123. The number of rotatable bonds is 5. The topological polar surface area (TPSA) is 102 Å². The summed E-state index contributed by atoms with van der Waals surface area (Å²) < 4.78 is 5.15. The average Bonchev–Trinajstić information content (AvgIpc) is 2.35. The van der Waals surface area contributed by atoms with Crippen LogP contribution < -0.4 is 11.1 Å². The van der Waals surface area contributed by atoms with Crippen LogP contribution in [0.15, 0.2) is 0 Å². The molecule has 1 heterocycles. The van der Waals surface area contributed by atoms with Crippen molar-refractivity contribution in [2.45, 2.75) is 32.2 Å². The second-order valence-electron chi connectivity index (χ2n) is 4.43. The predicted molar refractivity (Wildman–Crippen MR) is 61.4 cm³/mol. The first-order chi connectivity index (χ1) is 8.02. The summed E-state index contributed by atoms with van der Waals surface area (Å²) in [6, 6.07) is -0.569. The molecule has 1 atom stereocenters. The molecule has 1 aliphatic heterocycles. The Bertz CT molecular complexity index is 287. The van der Waals surface area contributed by atoms with E-state index in [-0.39, 0.29) is 12.5 Å². The van der Waals surface area contributed by atoms with Gasteiger partial charge in [-0.25, -0.2) is 0 Å². The molecule has 1 aliphatic rings. The molecule has 0 aromatic rings. The molecule has 0 aromatic carbocycles. The van der Waals surface area contributed by atoms with Crippen LogP contribution in [0.25, 0.3) is 0 Å². The lowest BCUT2D eigenvalue weighted by molar-refractivity contribution is -0.154. The van der Waals surface area contributed by atoms with Crippen molar-refractivity contribution in [3.63, 3.8) is 0 Å². The van der Waals surface area contributed by atoms with Gasteiger partial charge in [-0.15, -0.1) is 0 Å². The molecule has 0 saturated carbocycles. The van der Waals surface area contributed by atoms with Gasteiger partial charge in [-0.2, -0.15) is 0 Å². The van der Waals surface area contributed by atoms with E-state index in [2.05, 4.69) is 5.32 Å². The minimum Gasteiger partial charge on any atom is -0.481 e. The summed E-state index contributed by atoms with van der Waals surface area (Å²) in [7, 11) is 0. The van der Waals surface area contributed by atoms with Crippen LogP contribution in [-0.4, -0.2) is 42.8 Å². The zero-order valence-electron chi connectivity index (χ0n) is 10.1. The fourth-order valence-electron chi connectivity index (χ4n) is 1.80. The highest BCUT2D eigenvalue weighted by atomic mass is 16.5. The van der Waals surface area contributed by atoms with E-state index < -0.39 is 17.4 Å². The van der Waals surface area contributed by atoms with E-state index in [4.69, 9.17) is 10.5 Å². The van der Waals surface area contributed by atoms with Gasteiger partial charge < -0.3 is 20.9 Å². The Balaban J connectivity index is 2.56. The molecule has 0 aromatic heterocycles. The van der Waals surface area contributed by atoms with Gasteiger partial charge in [-0.05, 0) is 19.3 Å². The second-order valence-corrected chi connectivity index (χ2v) is 4.43. The Kier molecular flexibility index (Phi) is 4.89. The van der Waals surface area contributed by atoms with E-state index in [1.165, 1.54) is 0 Å². The number of hydrogen-bond acceptors (Lipinski definition) is 4. The summed E-state index contributed by atoms with van der Waals surface area (Å²) in [4.78, 5) is 22.8. The number of amides is 1. The maximum atomic E-state index is 11.5. The van der Waals surface area contributed by atoms with Crippen molar-refractivity contribution in [2.24, 2.45) is 11.1 Å². The van der Waals surface area contributed by atoms with Crippen LogP contribution in [0.5, 0.6) is 0 Å². The first-order valence-electron chi connectivity index (χ1n) is 5.86. The van der Waals surface area contributed by atoms with E-state index in [0.717, 1.165) is 0 Å². The molecule has 1 amide bonds. The zero-order chi connectivity index (χ0) is 12.9. The Labute approximate surface area is 101 Å². The van der Waals surface area contributed by atoms with E-state index in [9.17, 15) is 14.7 Å². The summed E-state index contributed by atoms with van der Waals surface area (Å²) >= 11 is 0. The molecule has 6 heteroatoms.